The van der Waals surface area contributed by atoms with Crippen molar-refractivity contribution in [2.75, 3.05) is 7.11 Å². The molecule has 1 heterocycles. The van der Waals surface area contributed by atoms with E-state index in [1.807, 2.05) is 31.2 Å². The van der Waals surface area contributed by atoms with Crippen LogP contribution >= 0.6 is 11.3 Å². The quantitative estimate of drug-likeness (QED) is 0.796. The van der Waals surface area contributed by atoms with E-state index in [0.29, 0.717) is 5.69 Å². The number of hydrogen-bond acceptors (Lipinski definition) is 5. The highest BCUT2D eigenvalue weighted by Crippen LogP contribution is 2.14. The van der Waals surface area contributed by atoms with Crippen LogP contribution < -0.4 is 4.74 Å². The fourth-order valence-corrected chi connectivity index (χ4v) is 2.02. The van der Waals surface area contributed by atoms with Gasteiger partial charge in [0.25, 0.3) is 0 Å². The van der Waals surface area contributed by atoms with Gasteiger partial charge in [-0.05, 0) is 24.6 Å². The molecule has 2 aromatic rings. The molecule has 5 heteroatoms. The maximum absolute atomic E-state index is 11.7. The van der Waals surface area contributed by atoms with Gasteiger partial charge >= 0.3 is 5.97 Å². The van der Waals surface area contributed by atoms with Gasteiger partial charge in [0.05, 0.1) is 12.1 Å². The van der Waals surface area contributed by atoms with E-state index >= 15 is 0 Å². The van der Waals surface area contributed by atoms with Gasteiger partial charge in [0.1, 0.15) is 12.4 Å². The lowest BCUT2D eigenvalue weighted by atomic mass is 10.2. The average Bonchev–Trinajstić information content (AvgIpc) is 2.83. The number of nitrogens with zero attached hydrogens (tertiary/aromatic N) is 1. The number of aromatic nitrogens is 1. The molecule has 0 saturated carbocycles. The maximum Gasteiger partial charge on any atom is 0.358 e. The van der Waals surface area contributed by atoms with Gasteiger partial charge in [-0.1, -0.05) is 12.1 Å². The van der Waals surface area contributed by atoms with Gasteiger partial charge in [-0.25, -0.2) is 9.78 Å². The zero-order valence-electron chi connectivity index (χ0n) is 10.2. The van der Waals surface area contributed by atoms with E-state index in [-0.39, 0.29) is 6.61 Å². The molecule has 0 aliphatic carbocycles. The third-order valence-corrected chi connectivity index (χ3v) is 3.11. The molecule has 0 fully saturated rings. The highest BCUT2D eigenvalue weighted by atomic mass is 32.1. The fourth-order valence-electron chi connectivity index (χ4n) is 1.44. The Kier molecular flexibility index (Phi) is 3.94. The Hall–Kier alpha value is -1.88. The second-order valence-corrected chi connectivity index (χ2v) is 4.74. The number of thiazole rings is 1. The number of benzene rings is 1. The molecule has 0 aliphatic heterocycles. The van der Waals surface area contributed by atoms with Crippen molar-refractivity contribution in [3.63, 3.8) is 0 Å². The van der Waals surface area contributed by atoms with Crippen molar-refractivity contribution in [1.82, 2.24) is 4.98 Å². The van der Waals surface area contributed by atoms with Gasteiger partial charge in [0.2, 0.25) is 0 Å². The summed E-state index contributed by atoms with van der Waals surface area (Å²) < 4.78 is 10.3. The first-order valence-corrected chi connectivity index (χ1v) is 6.29. The smallest absolute Gasteiger partial charge is 0.358 e. The van der Waals surface area contributed by atoms with E-state index in [0.717, 1.165) is 16.3 Å². The summed E-state index contributed by atoms with van der Waals surface area (Å²) in [6.45, 7) is 2.07. The van der Waals surface area contributed by atoms with Crippen molar-refractivity contribution >= 4 is 17.3 Å². The molecule has 0 saturated heterocycles. The molecule has 1 aromatic carbocycles. The SMILES string of the molecule is COc1cccc(COC(=O)c2csc(C)n2)c1. The summed E-state index contributed by atoms with van der Waals surface area (Å²) >= 11 is 1.43. The van der Waals surface area contributed by atoms with Crippen LogP contribution in [0.15, 0.2) is 29.6 Å². The van der Waals surface area contributed by atoms with Crippen molar-refractivity contribution < 1.29 is 14.3 Å². The van der Waals surface area contributed by atoms with Crippen LogP contribution in [0.25, 0.3) is 0 Å². The van der Waals surface area contributed by atoms with Crippen molar-refractivity contribution in [3.05, 3.63) is 45.9 Å². The number of hydrogen-bond donors (Lipinski definition) is 0. The topological polar surface area (TPSA) is 48.4 Å². The molecule has 0 bridgehead atoms. The highest BCUT2D eigenvalue weighted by molar-refractivity contribution is 7.09. The fraction of sp³-hybridized carbons (Fsp3) is 0.231. The number of methoxy groups -OCH3 is 1. The molecule has 0 N–H and O–H groups in total. The first kappa shape index (κ1) is 12.6. The Bertz CT molecular complexity index is 551. The zero-order valence-corrected chi connectivity index (χ0v) is 11.0. The molecule has 0 radical (unpaired) electrons. The van der Waals surface area contributed by atoms with Crippen molar-refractivity contribution in [2.24, 2.45) is 0 Å². The summed E-state index contributed by atoms with van der Waals surface area (Å²) in [7, 11) is 1.60. The third-order valence-electron chi connectivity index (χ3n) is 2.33. The zero-order chi connectivity index (χ0) is 13.0. The van der Waals surface area contributed by atoms with Crippen LogP contribution in [0.3, 0.4) is 0 Å². The summed E-state index contributed by atoms with van der Waals surface area (Å²) in [5, 5.41) is 2.55. The van der Waals surface area contributed by atoms with Gasteiger partial charge in [0.15, 0.2) is 5.69 Å². The molecular weight excluding hydrogens is 250 g/mol. The summed E-state index contributed by atoms with van der Waals surface area (Å²) in [5.74, 6) is 0.343. The van der Waals surface area contributed by atoms with E-state index in [1.54, 1.807) is 12.5 Å². The standard InChI is InChI=1S/C13H13NO3S/c1-9-14-12(8-18-9)13(15)17-7-10-4-3-5-11(6-10)16-2/h3-6,8H,7H2,1-2H3. The van der Waals surface area contributed by atoms with Gasteiger partial charge < -0.3 is 9.47 Å². The van der Waals surface area contributed by atoms with E-state index < -0.39 is 5.97 Å². The molecule has 18 heavy (non-hydrogen) atoms. The van der Waals surface area contributed by atoms with Gasteiger partial charge in [-0.2, -0.15) is 0 Å². The second-order valence-electron chi connectivity index (χ2n) is 3.68. The van der Waals surface area contributed by atoms with Crippen molar-refractivity contribution in [2.45, 2.75) is 13.5 Å². The van der Waals surface area contributed by atoms with E-state index in [9.17, 15) is 4.79 Å². The number of ether oxygens (including phenoxy) is 2. The monoisotopic (exact) mass is 263 g/mol. The van der Waals surface area contributed by atoms with Crippen molar-refractivity contribution in [1.29, 1.82) is 0 Å². The lowest BCUT2D eigenvalue weighted by molar-refractivity contribution is 0.0466. The lowest BCUT2D eigenvalue weighted by Crippen LogP contribution is -2.05. The van der Waals surface area contributed by atoms with Crippen LogP contribution in [0.5, 0.6) is 5.75 Å². The van der Waals surface area contributed by atoms with Crippen LogP contribution in [-0.2, 0) is 11.3 Å². The number of carbonyl (C=O) groups is 1. The summed E-state index contributed by atoms with van der Waals surface area (Å²) in [6, 6.07) is 7.41. The van der Waals surface area contributed by atoms with Gasteiger partial charge in [0, 0.05) is 5.38 Å². The molecule has 1 aromatic heterocycles. The van der Waals surface area contributed by atoms with E-state index in [2.05, 4.69) is 4.98 Å². The van der Waals surface area contributed by atoms with Crippen LogP contribution in [0.4, 0.5) is 0 Å². The Morgan fingerprint density at radius 1 is 1.44 bits per heavy atom. The Balaban J connectivity index is 1.97. The summed E-state index contributed by atoms with van der Waals surface area (Å²) in [6.07, 6.45) is 0. The Labute approximate surface area is 109 Å². The Morgan fingerprint density at radius 2 is 2.28 bits per heavy atom. The molecular formula is C13H13NO3S. The minimum absolute atomic E-state index is 0.215. The molecule has 0 atom stereocenters. The lowest BCUT2D eigenvalue weighted by Gasteiger charge is -2.05. The normalized spacial score (nSPS) is 10.1. The predicted octanol–water partition coefficient (Wildman–Crippen LogP) is 2.82. The third kappa shape index (κ3) is 3.07. The minimum Gasteiger partial charge on any atom is -0.497 e. The molecule has 0 spiro atoms. The van der Waals surface area contributed by atoms with Crippen LogP contribution in [0.2, 0.25) is 0 Å². The van der Waals surface area contributed by atoms with E-state index in [1.165, 1.54) is 11.3 Å². The number of esters is 1. The average molecular weight is 263 g/mol. The highest BCUT2D eigenvalue weighted by Gasteiger charge is 2.10. The molecule has 2 rings (SSSR count). The van der Waals surface area contributed by atoms with Crippen LogP contribution in [0, 0.1) is 6.92 Å². The largest absolute Gasteiger partial charge is 0.497 e. The molecule has 94 valence electrons. The second kappa shape index (κ2) is 5.64. The predicted molar refractivity (Wildman–Crippen MR) is 69.0 cm³/mol. The number of aryl methyl sites for hydroxylation is 1. The molecule has 0 unspecified atom stereocenters. The van der Waals surface area contributed by atoms with Gasteiger partial charge in [-0.15, -0.1) is 11.3 Å². The molecule has 0 amide bonds. The van der Waals surface area contributed by atoms with E-state index in [4.69, 9.17) is 9.47 Å². The number of carbonyl (C=O) groups excluding carboxylic acids is 1. The minimum atomic E-state index is -0.401. The Morgan fingerprint density at radius 3 is 2.94 bits per heavy atom. The number of rotatable bonds is 4. The van der Waals surface area contributed by atoms with Crippen LogP contribution in [0.1, 0.15) is 21.1 Å². The first-order valence-electron chi connectivity index (χ1n) is 5.41. The van der Waals surface area contributed by atoms with Crippen LogP contribution in [-0.4, -0.2) is 18.1 Å². The summed E-state index contributed by atoms with van der Waals surface area (Å²) in [5.41, 5.74) is 1.25. The first-order chi connectivity index (χ1) is 8.69. The van der Waals surface area contributed by atoms with Crippen molar-refractivity contribution in [3.8, 4) is 5.75 Å². The molecule has 4 nitrogen and oxygen atoms in total. The molecule has 0 aliphatic rings. The summed E-state index contributed by atoms with van der Waals surface area (Å²) in [4.78, 5) is 15.8. The van der Waals surface area contributed by atoms with Gasteiger partial charge in [-0.3, -0.25) is 0 Å². The maximum atomic E-state index is 11.7.